The highest BCUT2D eigenvalue weighted by Gasteiger charge is 2.16. The van der Waals surface area contributed by atoms with Crippen LogP contribution in [0, 0.1) is 0 Å². The number of aliphatic hydroxyl groups excluding tert-OH is 1. The van der Waals surface area contributed by atoms with E-state index in [1.54, 1.807) is 24.3 Å². The number of rotatable bonds is 6. The molecule has 0 aliphatic heterocycles. The van der Waals surface area contributed by atoms with Gasteiger partial charge < -0.3 is 15.7 Å². The van der Waals surface area contributed by atoms with E-state index in [0.717, 1.165) is 11.3 Å². The van der Waals surface area contributed by atoms with Crippen LogP contribution in [0.4, 0.5) is 5.69 Å². The standard InChI is InChI=1S/C18H22N2O2/c1-13(2)20-16-10-6-7-14(11-16)12-19-18(22)17(21)15-8-4-3-5-9-15/h3-11,13,17,20-21H,12H2,1-2H3,(H,19,22)/t17-/m1/s1. The number of nitrogens with one attached hydrogen (secondary N) is 2. The lowest BCUT2D eigenvalue weighted by Gasteiger charge is -2.13. The van der Waals surface area contributed by atoms with Crippen LogP contribution in [0.15, 0.2) is 54.6 Å². The maximum Gasteiger partial charge on any atom is 0.253 e. The van der Waals surface area contributed by atoms with Gasteiger partial charge in [-0.1, -0.05) is 42.5 Å². The molecular formula is C18H22N2O2. The molecule has 0 fully saturated rings. The van der Waals surface area contributed by atoms with Crippen molar-refractivity contribution in [3.63, 3.8) is 0 Å². The van der Waals surface area contributed by atoms with Crippen molar-refractivity contribution in [3.05, 3.63) is 65.7 Å². The van der Waals surface area contributed by atoms with Crippen molar-refractivity contribution >= 4 is 11.6 Å². The molecule has 2 aromatic rings. The number of hydrogen-bond donors (Lipinski definition) is 3. The monoisotopic (exact) mass is 298 g/mol. The Morgan fingerprint density at radius 2 is 1.82 bits per heavy atom. The summed E-state index contributed by atoms with van der Waals surface area (Å²) >= 11 is 0. The topological polar surface area (TPSA) is 61.4 Å². The van der Waals surface area contributed by atoms with Crippen molar-refractivity contribution in [3.8, 4) is 0 Å². The van der Waals surface area contributed by atoms with Crippen LogP contribution in [-0.2, 0) is 11.3 Å². The first-order valence-corrected chi connectivity index (χ1v) is 7.42. The van der Waals surface area contributed by atoms with Gasteiger partial charge in [0.25, 0.3) is 5.91 Å². The van der Waals surface area contributed by atoms with E-state index >= 15 is 0 Å². The van der Waals surface area contributed by atoms with Crippen molar-refractivity contribution in [2.24, 2.45) is 0 Å². The normalized spacial score (nSPS) is 12.0. The molecule has 1 atom stereocenters. The number of anilines is 1. The molecule has 0 aliphatic carbocycles. The molecule has 0 bridgehead atoms. The number of aliphatic hydroxyl groups is 1. The number of carbonyl (C=O) groups is 1. The smallest absolute Gasteiger partial charge is 0.253 e. The van der Waals surface area contributed by atoms with Gasteiger partial charge in [-0.3, -0.25) is 4.79 Å². The Morgan fingerprint density at radius 1 is 1.09 bits per heavy atom. The summed E-state index contributed by atoms with van der Waals surface area (Å²) in [5.41, 5.74) is 2.60. The average molecular weight is 298 g/mol. The van der Waals surface area contributed by atoms with E-state index in [-0.39, 0.29) is 0 Å². The van der Waals surface area contributed by atoms with Crippen LogP contribution in [0.25, 0.3) is 0 Å². The zero-order valence-corrected chi connectivity index (χ0v) is 12.9. The minimum atomic E-state index is -1.14. The molecule has 0 aliphatic rings. The van der Waals surface area contributed by atoms with Gasteiger partial charge in [-0.15, -0.1) is 0 Å². The fraction of sp³-hybridized carbons (Fsp3) is 0.278. The average Bonchev–Trinajstić information content (AvgIpc) is 2.52. The van der Waals surface area contributed by atoms with E-state index in [1.807, 2.05) is 30.3 Å². The summed E-state index contributed by atoms with van der Waals surface area (Å²) in [5.74, 6) is -0.395. The van der Waals surface area contributed by atoms with Crippen LogP contribution in [0.5, 0.6) is 0 Å². The second-order valence-corrected chi connectivity index (χ2v) is 5.53. The van der Waals surface area contributed by atoms with Gasteiger partial charge in [-0.05, 0) is 37.1 Å². The molecule has 2 aromatic carbocycles. The number of carbonyl (C=O) groups excluding carboxylic acids is 1. The Balaban J connectivity index is 1.93. The third-order valence-electron chi connectivity index (χ3n) is 3.21. The molecule has 4 nitrogen and oxygen atoms in total. The van der Waals surface area contributed by atoms with E-state index < -0.39 is 12.0 Å². The molecule has 1 amide bonds. The molecule has 4 heteroatoms. The minimum absolute atomic E-state index is 0.352. The molecule has 3 N–H and O–H groups in total. The highest BCUT2D eigenvalue weighted by molar-refractivity contribution is 5.81. The largest absolute Gasteiger partial charge is 0.383 e. The van der Waals surface area contributed by atoms with Gasteiger partial charge in [-0.25, -0.2) is 0 Å². The third kappa shape index (κ3) is 4.60. The maximum absolute atomic E-state index is 12.0. The van der Waals surface area contributed by atoms with Crippen LogP contribution in [0.1, 0.15) is 31.1 Å². The van der Waals surface area contributed by atoms with Crippen molar-refractivity contribution in [1.29, 1.82) is 0 Å². The SMILES string of the molecule is CC(C)Nc1cccc(CNC(=O)[C@H](O)c2ccccc2)c1. The molecule has 0 radical (unpaired) electrons. The molecule has 0 spiro atoms. The van der Waals surface area contributed by atoms with Crippen molar-refractivity contribution in [2.45, 2.75) is 32.5 Å². The van der Waals surface area contributed by atoms with E-state index in [9.17, 15) is 9.90 Å². The van der Waals surface area contributed by atoms with Crippen LogP contribution in [-0.4, -0.2) is 17.1 Å². The Morgan fingerprint density at radius 3 is 2.50 bits per heavy atom. The summed E-state index contributed by atoms with van der Waals surface area (Å²) in [6.45, 7) is 4.53. The molecule has 0 aromatic heterocycles. The lowest BCUT2D eigenvalue weighted by atomic mass is 10.1. The first-order valence-electron chi connectivity index (χ1n) is 7.42. The first-order chi connectivity index (χ1) is 10.6. The summed E-state index contributed by atoms with van der Waals surface area (Å²) in [6, 6.07) is 17.1. The minimum Gasteiger partial charge on any atom is -0.383 e. The Hall–Kier alpha value is -2.33. The van der Waals surface area contributed by atoms with Crippen LogP contribution in [0.2, 0.25) is 0 Å². The highest BCUT2D eigenvalue weighted by Crippen LogP contribution is 2.14. The number of amides is 1. The third-order valence-corrected chi connectivity index (χ3v) is 3.21. The summed E-state index contributed by atoms with van der Waals surface area (Å²) in [7, 11) is 0. The van der Waals surface area contributed by atoms with Crippen LogP contribution >= 0.6 is 0 Å². The molecule has 116 valence electrons. The van der Waals surface area contributed by atoms with Crippen molar-refractivity contribution in [1.82, 2.24) is 5.32 Å². The first kappa shape index (κ1) is 16.0. The van der Waals surface area contributed by atoms with Crippen LogP contribution < -0.4 is 10.6 Å². The predicted molar refractivity (Wildman–Crippen MR) is 88.4 cm³/mol. The molecule has 0 heterocycles. The number of benzene rings is 2. The predicted octanol–water partition coefficient (Wildman–Crippen LogP) is 2.86. The zero-order chi connectivity index (χ0) is 15.9. The van der Waals surface area contributed by atoms with Crippen molar-refractivity contribution < 1.29 is 9.90 Å². The number of hydrogen-bond acceptors (Lipinski definition) is 3. The van der Waals surface area contributed by atoms with Gasteiger partial charge >= 0.3 is 0 Å². The highest BCUT2D eigenvalue weighted by atomic mass is 16.3. The molecular weight excluding hydrogens is 276 g/mol. The summed E-state index contributed by atoms with van der Waals surface area (Å²) in [5, 5.41) is 16.1. The summed E-state index contributed by atoms with van der Waals surface area (Å²) in [4.78, 5) is 12.0. The summed E-state index contributed by atoms with van der Waals surface area (Å²) < 4.78 is 0. The fourth-order valence-electron chi connectivity index (χ4n) is 2.18. The van der Waals surface area contributed by atoms with E-state index in [1.165, 1.54) is 0 Å². The van der Waals surface area contributed by atoms with E-state index in [2.05, 4.69) is 24.5 Å². The van der Waals surface area contributed by atoms with Gasteiger partial charge in [0.05, 0.1) is 0 Å². The fourth-order valence-corrected chi connectivity index (χ4v) is 2.18. The van der Waals surface area contributed by atoms with Gasteiger partial charge in [0.2, 0.25) is 0 Å². The Labute approximate surface area is 131 Å². The lowest BCUT2D eigenvalue weighted by molar-refractivity contribution is -0.129. The van der Waals surface area contributed by atoms with Gasteiger partial charge in [-0.2, -0.15) is 0 Å². The molecule has 0 saturated carbocycles. The van der Waals surface area contributed by atoms with E-state index in [4.69, 9.17) is 0 Å². The molecule has 22 heavy (non-hydrogen) atoms. The molecule has 0 saturated heterocycles. The zero-order valence-electron chi connectivity index (χ0n) is 12.9. The molecule has 0 unspecified atom stereocenters. The Kier molecular flexibility index (Phi) is 5.55. The van der Waals surface area contributed by atoms with Crippen LogP contribution in [0.3, 0.4) is 0 Å². The second-order valence-electron chi connectivity index (χ2n) is 5.53. The molecule has 2 rings (SSSR count). The van der Waals surface area contributed by atoms with Gasteiger partial charge in [0.15, 0.2) is 6.10 Å². The van der Waals surface area contributed by atoms with Crippen molar-refractivity contribution in [2.75, 3.05) is 5.32 Å². The maximum atomic E-state index is 12.0. The van der Waals surface area contributed by atoms with Gasteiger partial charge in [0.1, 0.15) is 0 Å². The van der Waals surface area contributed by atoms with E-state index in [0.29, 0.717) is 18.2 Å². The Bertz CT molecular complexity index is 611. The summed E-state index contributed by atoms with van der Waals surface area (Å²) in [6.07, 6.45) is -1.14. The van der Waals surface area contributed by atoms with Gasteiger partial charge in [0, 0.05) is 18.3 Å². The second kappa shape index (κ2) is 7.61. The lowest BCUT2D eigenvalue weighted by Crippen LogP contribution is -2.28. The quantitative estimate of drug-likeness (QED) is 0.768.